The standard InChI is InChI=1S/C17H18F2N2O2/c18-15(19)17(20,16(22)23)8-3-9-21-11-12-6-7-13-4-1-2-5-14(13)10-12/h1-2,4-7,10-11,15H,3,8-9,20H2,(H,22,23)/b21-11+. The first-order valence-corrected chi connectivity index (χ1v) is 7.22. The van der Waals surface area contributed by atoms with Crippen LogP contribution in [0, 0.1) is 0 Å². The van der Waals surface area contributed by atoms with E-state index >= 15 is 0 Å². The highest BCUT2D eigenvalue weighted by molar-refractivity contribution is 5.90. The molecule has 0 amide bonds. The van der Waals surface area contributed by atoms with Crippen molar-refractivity contribution in [3.8, 4) is 0 Å². The van der Waals surface area contributed by atoms with Gasteiger partial charge in [-0.2, -0.15) is 0 Å². The van der Waals surface area contributed by atoms with Crippen LogP contribution < -0.4 is 5.73 Å². The summed E-state index contributed by atoms with van der Waals surface area (Å²) in [6.07, 6.45) is -1.61. The first kappa shape index (κ1) is 17.0. The Kier molecular flexibility index (Phi) is 5.39. The summed E-state index contributed by atoms with van der Waals surface area (Å²) in [7, 11) is 0. The number of nitrogens with zero attached hydrogens (tertiary/aromatic N) is 1. The van der Waals surface area contributed by atoms with Crippen LogP contribution in [0.2, 0.25) is 0 Å². The van der Waals surface area contributed by atoms with Gasteiger partial charge in [0, 0.05) is 12.8 Å². The van der Waals surface area contributed by atoms with Crippen LogP contribution >= 0.6 is 0 Å². The molecule has 4 nitrogen and oxygen atoms in total. The van der Waals surface area contributed by atoms with Crippen LogP contribution in [0.15, 0.2) is 47.5 Å². The van der Waals surface area contributed by atoms with Gasteiger partial charge in [-0.25, -0.2) is 13.6 Å². The van der Waals surface area contributed by atoms with Gasteiger partial charge in [-0.3, -0.25) is 4.99 Å². The molecule has 2 aromatic carbocycles. The van der Waals surface area contributed by atoms with Crippen molar-refractivity contribution in [1.29, 1.82) is 0 Å². The number of carboxylic acid groups (broad SMARTS) is 1. The van der Waals surface area contributed by atoms with Crippen molar-refractivity contribution in [1.82, 2.24) is 0 Å². The van der Waals surface area contributed by atoms with Crippen molar-refractivity contribution >= 4 is 23.0 Å². The monoisotopic (exact) mass is 320 g/mol. The van der Waals surface area contributed by atoms with Gasteiger partial charge in [-0.05, 0) is 35.2 Å². The molecule has 6 heteroatoms. The first-order valence-electron chi connectivity index (χ1n) is 7.22. The van der Waals surface area contributed by atoms with Crippen molar-refractivity contribution in [2.24, 2.45) is 10.7 Å². The molecule has 0 radical (unpaired) electrons. The van der Waals surface area contributed by atoms with Crippen molar-refractivity contribution in [2.45, 2.75) is 24.8 Å². The number of alkyl halides is 2. The van der Waals surface area contributed by atoms with Gasteiger partial charge in [0.25, 0.3) is 6.43 Å². The topological polar surface area (TPSA) is 75.7 Å². The fraction of sp³-hybridized carbons (Fsp3) is 0.294. The van der Waals surface area contributed by atoms with Crippen molar-refractivity contribution in [3.05, 3.63) is 48.0 Å². The lowest BCUT2D eigenvalue weighted by molar-refractivity contribution is -0.150. The summed E-state index contributed by atoms with van der Waals surface area (Å²) in [5.41, 5.74) is 3.63. The van der Waals surface area contributed by atoms with E-state index in [2.05, 4.69) is 4.99 Å². The highest BCUT2D eigenvalue weighted by Gasteiger charge is 2.43. The maximum atomic E-state index is 12.7. The molecule has 0 saturated carbocycles. The molecule has 23 heavy (non-hydrogen) atoms. The summed E-state index contributed by atoms with van der Waals surface area (Å²) < 4.78 is 25.4. The number of rotatable bonds is 7. The zero-order valence-electron chi connectivity index (χ0n) is 12.5. The van der Waals surface area contributed by atoms with Crippen LogP contribution in [0.4, 0.5) is 8.78 Å². The summed E-state index contributed by atoms with van der Waals surface area (Å²) in [5, 5.41) is 11.0. The average Bonchev–Trinajstić information content (AvgIpc) is 2.53. The van der Waals surface area contributed by atoms with Crippen LogP contribution in [0.3, 0.4) is 0 Å². The van der Waals surface area contributed by atoms with Crippen LogP contribution in [0.5, 0.6) is 0 Å². The van der Waals surface area contributed by atoms with E-state index in [1.165, 1.54) is 0 Å². The Bertz CT molecular complexity index is 719. The summed E-state index contributed by atoms with van der Waals surface area (Å²) in [5.74, 6) is -1.69. The number of nitrogens with two attached hydrogens (primary N) is 1. The molecule has 3 N–H and O–H groups in total. The van der Waals surface area contributed by atoms with Crippen LogP contribution in [-0.4, -0.2) is 35.8 Å². The number of hydrogen-bond acceptors (Lipinski definition) is 3. The fourth-order valence-electron chi connectivity index (χ4n) is 2.23. The van der Waals surface area contributed by atoms with Gasteiger partial charge < -0.3 is 10.8 Å². The molecule has 0 spiro atoms. The molecule has 0 aromatic heterocycles. The molecule has 1 unspecified atom stereocenters. The molecular formula is C17H18F2N2O2. The molecule has 0 saturated heterocycles. The predicted octanol–water partition coefficient (Wildman–Crippen LogP) is 3.09. The lowest BCUT2D eigenvalue weighted by Gasteiger charge is -2.22. The zero-order valence-corrected chi connectivity index (χ0v) is 12.5. The molecule has 0 heterocycles. The van der Waals surface area contributed by atoms with Gasteiger partial charge >= 0.3 is 5.97 Å². The lowest BCUT2D eigenvalue weighted by Crippen LogP contribution is -2.54. The number of benzene rings is 2. The smallest absolute Gasteiger partial charge is 0.329 e. The largest absolute Gasteiger partial charge is 0.480 e. The number of aliphatic imine (C=N–C) groups is 1. The highest BCUT2D eigenvalue weighted by atomic mass is 19.3. The summed E-state index contributed by atoms with van der Waals surface area (Å²) in [6, 6.07) is 13.8. The molecule has 122 valence electrons. The molecule has 0 aliphatic heterocycles. The van der Waals surface area contributed by atoms with Gasteiger partial charge in [-0.1, -0.05) is 36.4 Å². The molecule has 2 rings (SSSR count). The number of fused-ring (bicyclic) bond motifs is 1. The normalized spacial score (nSPS) is 14.4. The molecule has 2 aromatic rings. The summed E-state index contributed by atoms with van der Waals surface area (Å²) in [4.78, 5) is 15.0. The van der Waals surface area contributed by atoms with Gasteiger partial charge in [0.1, 0.15) is 0 Å². The molecule has 0 fully saturated rings. The maximum Gasteiger partial charge on any atom is 0.329 e. The second-order valence-electron chi connectivity index (χ2n) is 5.39. The van der Waals surface area contributed by atoms with Gasteiger partial charge in [0.05, 0.1) is 0 Å². The Morgan fingerprint density at radius 2 is 1.96 bits per heavy atom. The Labute approximate surface area is 132 Å². The van der Waals surface area contributed by atoms with Crippen LogP contribution in [-0.2, 0) is 4.79 Å². The van der Waals surface area contributed by atoms with Crippen molar-refractivity contribution in [3.63, 3.8) is 0 Å². The van der Waals surface area contributed by atoms with Crippen LogP contribution in [0.25, 0.3) is 10.8 Å². The van der Waals surface area contributed by atoms with E-state index in [-0.39, 0.29) is 19.4 Å². The number of carbonyl (C=O) groups is 1. The lowest BCUT2D eigenvalue weighted by atomic mass is 9.95. The Morgan fingerprint density at radius 3 is 2.61 bits per heavy atom. The molecule has 0 aliphatic carbocycles. The Balaban J connectivity index is 1.92. The van der Waals surface area contributed by atoms with E-state index in [0.29, 0.717) is 0 Å². The molecule has 1 atom stereocenters. The van der Waals surface area contributed by atoms with Crippen molar-refractivity contribution < 1.29 is 18.7 Å². The second-order valence-corrected chi connectivity index (χ2v) is 5.39. The van der Waals surface area contributed by atoms with E-state index in [9.17, 15) is 13.6 Å². The summed E-state index contributed by atoms with van der Waals surface area (Å²) in [6.45, 7) is 0.242. The number of carboxylic acids is 1. The Hall–Kier alpha value is -2.34. The van der Waals surface area contributed by atoms with E-state index in [4.69, 9.17) is 10.8 Å². The minimum Gasteiger partial charge on any atom is -0.480 e. The number of halogens is 2. The molecule has 0 aliphatic rings. The fourth-order valence-corrected chi connectivity index (χ4v) is 2.23. The first-order chi connectivity index (χ1) is 10.9. The highest BCUT2D eigenvalue weighted by Crippen LogP contribution is 2.19. The van der Waals surface area contributed by atoms with E-state index in [0.717, 1.165) is 16.3 Å². The Morgan fingerprint density at radius 1 is 1.26 bits per heavy atom. The minimum absolute atomic E-state index is 0.178. The van der Waals surface area contributed by atoms with Crippen molar-refractivity contribution in [2.75, 3.05) is 6.54 Å². The third kappa shape index (κ3) is 4.10. The van der Waals surface area contributed by atoms with Gasteiger partial charge in [0.2, 0.25) is 0 Å². The maximum absolute atomic E-state index is 12.7. The SMILES string of the molecule is NC(CCC/N=C/c1ccc2ccccc2c1)(C(=O)O)C(F)F. The van der Waals surface area contributed by atoms with E-state index in [1.54, 1.807) is 6.21 Å². The quantitative estimate of drug-likeness (QED) is 0.608. The third-order valence-corrected chi connectivity index (χ3v) is 3.68. The van der Waals surface area contributed by atoms with E-state index < -0.39 is 17.9 Å². The number of aliphatic carboxylic acids is 1. The average molecular weight is 320 g/mol. The number of hydrogen-bond donors (Lipinski definition) is 2. The predicted molar refractivity (Wildman–Crippen MR) is 86.2 cm³/mol. The second kappa shape index (κ2) is 7.28. The van der Waals surface area contributed by atoms with Crippen LogP contribution in [0.1, 0.15) is 18.4 Å². The third-order valence-electron chi connectivity index (χ3n) is 3.68. The molecule has 0 bridgehead atoms. The van der Waals surface area contributed by atoms with Gasteiger partial charge in [0.15, 0.2) is 5.54 Å². The summed E-state index contributed by atoms with van der Waals surface area (Å²) >= 11 is 0. The minimum atomic E-state index is -3.11. The molecular weight excluding hydrogens is 302 g/mol. The zero-order chi connectivity index (χ0) is 16.9. The van der Waals surface area contributed by atoms with Gasteiger partial charge in [-0.15, -0.1) is 0 Å². The van der Waals surface area contributed by atoms with E-state index in [1.807, 2.05) is 42.5 Å².